The monoisotopic (exact) mass is 330 g/mol. The molecule has 0 saturated heterocycles. The molecule has 0 bridgehead atoms. The molecule has 0 radical (unpaired) electrons. The van der Waals surface area contributed by atoms with Crippen LogP contribution in [0, 0.1) is 5.41 Å². The fraction of sp³-hybridized carbons (Fsp3) is 0.421. The van der Waals surface area contributed by atoms with Crippen molar-refractivity contribution in [3.63, 3.8) is 0 Å². The SMILES string of the molecule is COc1ccc(OCC2=CCSC3=C2C(=O)CC(C)(C)C3)cc1. The van der Waals surface area contributed by atoms with E-state index < -0.39 is 0 Å². The minimum Gasteiger partial charge on any atom is -0.497 e. The molecule has 3 rings (SSSR count). The van der Waals surface area contributed by atoms with Crippen molar-refractivity contribution < 1.29 is 14.3 Å². The highest BCUT2D eigenvalue weighted by molar-refractivity contribution is 8.03. The highest BCUT2D eigenvalue weighted by atomic mass is 32.2. The zero-order valence-corrected chi connectivity index (χ0v) is 14.7. The van der Waals surface area contributed by atoms with E-state index in [0.717, 1.165) is 34.8 Å². The van der Waals surface area contributed by atoms with Gasteiger partial charge in [-0.25, -0.2) is 0 Å². The van der Waals surface area contributed by atoms with Gasteiger partial charge in [0.25, 0.3) is 0 Å². The zero-order chi connectivity index (χ0) is 16.4. The Morgan fingerprint density at radius 1 is 1.13 bits per heavy atom. The van der Waals surface area contributed by atoms with Crippen molar-refractivity contribution in [2.24, 2.45) is 5.41 Å². The maximum atomic E-state index is 12.6. The average molecular weight is 330 g/mol. The van der Waals surface area contributed by atoms with Crippen molar-refractivity contribution in [1.29, 1.82) is 0 Å². The minimum absolute atomic E-state index is 0.0716. The maximum absolute atomic E-state index is 12.6. The van der Waals surface area contributed by atoms with Crippen molar-refractivity contribution in [3.8, 4) is 11.5 Å². The number of Topliss-reactive ketones (excluding diaryl/α,β-unsaturated/α-hetero) is 1. The smallest absolute Gasteiger partial charge is 0.164 e. The first-order valence-electron chi connectivity index (χ1n) is 7.84. The van der Waals surface area contributed by atoms with Crippen LogP contribution in [0.1, 0.15) is 26.7 Å². The standard InChI is InChI=1S/C19H22O3S/c1-19(2)10-16(20)18-13(8-9-23-17(18)11-19)12-22-15-6-4-14(21-3)5-7-15/h4-8H,9-12H2,1-3H3. The fourth-order valence-corrected chi connectivity index (χ4v) is 4.42. The molecule has 0 spiro atoms. The Kier molecular flexibility index (Phi) is 4.53. The second-order valence-electron chi connectivity index (χ2n) is 6.74. The van der Waals surface area contributed by atoms with E-state index in [2.05, 4.69) is 19.9 Å². The number of hydrogen-bond donors (Lipinski definition) is 0. The number of benzene rings is 1. The number of thioether (sulfide) groups is 1. The lowest BCUT2D eigenvalue weighted by molar-refractivity contribution is -0.117. The van der Waals surface area contributed by atoms with Crippen molar-refractivity contribution in [3.05, 3.63) is 46.4 Å². The van der Waals surface area contributed by atoms with Gasteiger partial charge in [-0.15, -0.1) is 11.8 Å². The number of ketones is 1. The molecule has 1 aliphatic carbocycles. The first-order chi connectivity index (χ1) is 11.0. The minimum atomic E-state index is 0.0716. The van der Waals surface area contributed by atoms with Crippen LogP contribution in [0.15, 0.2) is 46.4 Å². The Hall–Kier alpha value is -1.68. The van der Waals surface area contributed by atoms with Crippen LogP contribution in [0.25, 0.3) is 0 Å². The Labute approximate surface area is 141 Å². The molecular formula is C19H22O3S. The average Bonchev–Trinajstić information content (AvgIpc) is 2.51. The molecule has 2 aliphatic rings. The number of rotatable bonds is 4. The summed E-state index contributed by atoms with van der Waals surface area (Å²) in [6.07, 6.45) is 3.73. The molecule has 3 nitrogen and oxygen atoms in total. The van der Waals surface area contributed by atoms with Gasteiger partial charge in [0.15, 0.2) is 5.78 Å². The molecule has 0 N–H and O–H groups in total. The molecule has 0 saturated carbocycles. The maximum Gasteiger partial charge on any atom is 0.164 e. The number of carbonyl (C=O) groups is 1. The molecule has 1 aliphatic heterocycles. The van der Waals surface area contributed by atoms with Crippen molar-refractivity contribution in [2.45, 2.75) is 26.7 Å². The molecule has 0 fully saturated rings. The van der Waals surface area contributed by atoms with Crippen LogP contribution in [0.5, 0.6) is 11.5 Å². The Bertz CT molecular complexity index is 668. The van der Waals surface area contributed by atoms with Crippen LogP contribution in [0.2, 0.25) is 0 Å². The number of hydrogen-bond acceptors (Lipinski definition) is 4. The summed E-state index contributed by atoms with van der Waals surface area (Å²) in [5, 5.41) is 0. The van der Waals surface area contributed by atoms with E-state index in [4.69, 9.17) is 9.47 Å². The van der Waals surface area contributed by atoms with Gasteiger partial charge in [0.05, 0.1) is 7.11 Å². The van der Waals surface area contributed by atoms with Gasteiger partial charge in [0.1, 0.15) is 18.1 Å². The molecular weight excluding hydrogens is 308 g/mol. The molecule has 23 heavy (non-hydrogen) atoms. The third-order valence-corrected chi connectivity index (χ3v) is 5.23. The number of ether oxygens (including phenoxy) is 2. The summed E-state index contributed by atoms with van der Waals surface area (Å²) in [5.41, 5.74) is 2.02. The molecule has 122 valence electrons. The van der Waals surface area contributed by atoms with Crippen molar-refractivity contribution in [2.75, 3.05) is 19.5 Å². The van der Waals surface area contributed by atoms with E-state index >= 15 is 0 Å². The summed E-state index contributed by atoms with van der Waals surface area (Å²) in [6.45, 7) is 4.78. The number of methoxy groups -OCH3 is 1. The van der Waals surface area contributed by atoms with Crippen LogP contribution in [-0.2, 0) is 4.79 Å². The Balaban J connectivity index is 1.73. The highest BCUT2D eigenvalue weighted by Gasteiger charge is 2.35. The zero-order valence-electron chi connectivity index (χ0n) is 13.8. The van der Waals surface area contributed by atoms with Crippen molar-refractivity contribution >= 4 is 17.5 Å². The highest BCUT2D eigenvalue weighted by Crippen LogP contribution is 2.45. The van der Waals surface area contributed by atoms with Gasteiger partial charge in [-0.2, -0.15) is 0 Å². The summed E-state index contributed by atoms with van der Waals surface area (Å²) in [6, 6.07) is 7.52. The van der Waals surface area contributed by atoms with Crippen LogP contribution in [-0.4, -0.2) is 25.3 Å². The number of allylic oxidation sites excluding steroid dienone is 1. The second kappa shape index (κ2) is 6.44. The summed E-state index contributed by atoms with van der Waals surface area (Å²) in [4.78, 5) is 13.8. The van der Waals surface area contributed by atoms with Crippen molar-refractivity contribution in [1.82, 2.24) is 0 Å². The lowest BCUT2D eigenvalue weighted by Gasteiger charge is -2.34. The Morgan fingerprint density at radius 2 is 1.83 bits per heavy atom. The fourth-order valence-electron chi connectivity index (χ4n) is 3.05. The van der Waals surface area contributed by atoms with E-state index in [1.54, 1.807) is 18.9 Å². The van der Waals surface area contributed by atoms with E-state index in [-0.39, 0.29) is 11.2 Å². The van der Waals surface area contributed by atoms with E-state index in [1.807, 2.05) is 24.3 Å². The molecule has 0 unspecified atom stereocenters. The van der Waals surface area contributed by atoms with E-state index in [1.165, 1.54) is 4.91 Å². The first-order valence-corrected chi connectivity index (χ1v) is 8.82. The van der Waals surface area contributed by atoms with Gasteiger partial charge in [-0.1, -0.05) is 19.9 Å². The van der Waals surface area contributed by atoms with Gasteiger partial charge < -0.3 is 9.47 Å². The van der Waals surface area contributed by atoms with E-state index in [0.29, 0.717) is 13.0 Å². The molecule has 0 aromatic heterocycles. The molecule has 4 heteroatoms. The summed E-state index contributed by atoms with van der Waals surface area (Å²) < 4.78 is 11.0. The van der Waals surface area contributed by atoms with E-state index in [9.17, 15) is 4.79 Å². The quantitative estimate of drug-likeness (QED) is 0.820. The van der Waals surface area contributed by atoms with Gasteiger partial charge >= 0.3 is 0 Å². The molecule has 1 aromatic carbocycles. The largest absolute Gasteiger partial charge is 0.497 e. The van der Waals surface area contributed by atoms with Crippen LogP contribution < -0.4 is 9.47 Å². The van der Waals surface area contributed by atoms with Gasteiger partial charge in [-0.3, -0.25) is 4.79 Å². The predicted octanol–water partition coefficient (Wildman–Crippen LogP) is 4.39. The predicted molar refractivity (Wildman–Crippen MR) is 94.1 cm³/mol. The lowest BCUT2D eigenvalue weighted by Crippen LogP contribution is -2.28. The molecule has 1 aromatic rings. The van der Waals surface area contributed by atoms with Gasteiger partial charge in [0, 0.05) is 17.7 Å². The summed E-state index contributed by atoms with van der Waals surface area (Å²) in [5.74, 6) is 2.77. The summed E-state index contributed by atoms with van der Waals surface area (Å²) in [7, 11) is 1.64. The number of carbonyl (C=O) groups excluding carboxylic acids is 1. The first kappa shape index (κ1) is 16.2. The third-order valence-electron chi connectivity index (χ3n) is 4.20. The molecule has 0 atom stereocenters. The van der Waals surface area contributed by atoms with Gasteiger partial charge in [-0.05, 0) is 46.6 Å². The summed E-state index contributed by atoms with van der Waals surface area (Å²) >= 11 is 1.79. The van der Waals surface area contributed by atoms with Crippen LogP contribution in [0.3, 0.4) is 0 Å². The second-order valence-corrected chi connectivity index (χ2v) is 7.86. The lowest BCUT2D eigenvalue weighted by atomic mass is 9.76. The molecule has 0 amide bonds. The van der Waals surface area contributed by atoms with Gasteiger partial charge in [0.2, 0.25) is 0 Å². The topological polar surface area (TPSA) is 35.5 Å². The third kappa shape index (κ3) is 3.63. The normalized spacial score (nSPS) is 20.0. The van der Waals surface area contributed by atoms with Crippen LogP contribution >= 0.6 is 11.8 Å². The Morgan fingerprint density at radius 3 is 2.52 bits per heavy atom. The molecule has 1 heterocycles. The van der Waals surface area contributed by atoms with Crippen LogP contribution in [0.4, 0.5) is 0 Å².